The summed E-state index contributed by atoms with van der Waals surface area (Å²) in [4.78, 5) is 0. The highest BCUT2D eigenvalue weighted by Crippen LogP contribution is 2.37. The van der Waals surface area contributed by atoms with Gasteiger partial charge in [0.1, 0.15) is 134 Å². The van der Waals surface area contributed by atoms with E-state index in [1.165, 1.54) is 13.8 Å². The molecule has 6 aliphatic heterocycles. The van der Waals surface area contributed by atoms with E-state index >= 15 is 0 Å². The van der Waals surface area contributed by atoms with Crippen LogP contribution in [0.3, 0.4) is 0 Å². The molecule has 0 amide bonds. The van der Waals surface area contributed by atoms with Crippen molar-refractivity contribution in [3.05, 3.63) is 0 Å². The highest BCUT2D eigenvalue weighted by molar-refractivity contribution is 4.99. The Kier molecular flexibility index (Phi) is 18.2. The molecule has 0 radical (unpaired) electrons. The molecule has 0 unspecified atom stereocenters. The van der Waals surface area contributed by atoms with Gasteiger partial charge in [-0.15, -0.1) is 0 Å². The molecule has 29 heteroatoms. The Labute approximate surface area is 368 Å². The predicted molar refractivity (Wildman–Crippen MR) is 196 cm³/mol. The summed E-state index contributed by atoms with van der Waals surface area (Å²) >= 11 is 0. The Morgan fingerprint density at radius 1 is 0.277 bits per heavy atom. The average Bonchev–Trinajstić information content (AvgIpc) is 3.28. The Bertz CT molecular complexity index is 1460. The lowest BCUT2D eigenvalue weighted by molar-refractivity contribution is -0.402. The standard InChI is InChI=1S/C36H62O29/c1-7-13(41)26(22(50)31(54)55-7)61-34-25(53)29(18(46)12(6-40)58-34)64-36-30(20(48)16(44)10(4-38)60-36)65-33-23(51)27(14(42)8(2)56-33)62-35-24(52)28(17(45)11(5-39)59-35)63-32-21(49)19(47)15(43)9(3-37)57-32/h7-54H,3-6H2,1-2H3/t7-,8-,9+,10+,11+,12+,13-,14-,15-,16-,17-,18-,19-,20-,21+,22+,23+,24+,25+,26+,27+,28-,29-,30+,31+,32+,33-,34+,35+,36+/m0/s1. The molecule has 29 nitrogen and oxygen atoms in total. The van der Waals surface area contributed by atoms with E-state index in [4.69, 9.17) is 52.1 Å². The Hall–Kier alpha value is -1.16. The number of aliphatic hydroxyl groups is 18. The Morgan fingerprint density at radius 3 is 1.03 bits per heavy atom. The van der Waals surface area contributed by atoms with Crippen molar-refractivity contribution in [3.63, 3.8) is 0 Å². The third kappa shape index (κ3) is 10.8. The van der Waals surface area contributed by atoms with Gasteiger partial charge in [0.05, 0.1) is 38.6 Å². The number of hydrogen-bond acceptors (Lipinski definition) is 29. The first-order valence-electron chi connectivity index (χ1n) is 20.9. The van der Waals surface area contributed by atoms with Gasteiger partial charge in [-0.25, -0.2) is 0 Å². The fourth-order valence-corrected chi connectivity index (χ4v) is 8.36. The molecule has 0 aromatic heterocycles. The molecule has 0 aromatic rings. The van der Waals surface area contributed by atoms with Gasteiger partial charge in [0.15, 0.2) is 37.7 Å². The molecular weight excluding hydrogens is 896 g/mol. The molecule has 65 heavy (non-hydrogen) atoms. The van der Waals surface area contributed by atoms with E-state index < -0.39 is 211 Å². The van der Waals surface area contributed by atoms with E-state index in [9.17, 15) is 91.9 Å². The summed E-state index contributed by atoms with van der Waals surface area (Å²) < 4.78 is 61.5. The smallest absolute Gasteiger partial charge is 0.187 e. The minimum atomic E-state index is -2.16. The maximum atomic E-state index is 11.6. The van der Waals surface area contributed by atoms with Gasteiger partial charge >= 0.3 is 0 Å². The van der Waals surface area contributed by atoms with Gasteiger partial charge in [0.25, 0.3) is 0 Å². The predicted octanol–water partition coefficient (Wildman–Crippen LogP) is -12.0. The van der Waals surface area contributed by atoms with Crippen molar-refractivity contribution < 1.29 is 144 Å². The third-order valence-corrected chi connectivity index (χ3v) is 12.4. The molecule has 0 saturated carbocycles. The van der Waals surface area contributed by atoms with Crippen LogP contribution in [0.1, 0.15) is 13.8 Å². The van der Waals surface area contributed by atoms with Crippen LogP contribution >= 0.6 is 0 Å². The topological polar surface area (TPSA) is 466 Å². The van der Waals surface area contributed by atoms with E-state index in [-0.39, 0.29) is 0 Å². The van der Waals surface area contributed by atoms with Crippen LogP contribution in [0.2, 0.25) is 0 Å². The number of hydrogen-bond donors (Lipinski definition) is 18. The number of rotatable bonds is 14. The zero-order valence-corrected chi connectivity index (χ0v) is 34.7. The van der Waals surface area contributed by atoms with Gasteiger partial charge in [-0.05, 0) is 13.8 Å². The largest absolute Gasteiger partial charge is 0.394 e. The lowest BCUT2D eigenvalue weighted by Crippen LogP contribution is -2.68. The van der Waals surface area contributed by atoms with E-state index in [1.807, 2.05) is 0 Å². The molecule has 18 N–H and O–H groups in total. The van der Waals surface area contributed by atoms with Crippen molar-refractivity contribution in [1.82, 2.24) is 0 Å². The summed E-state index contributed by atoms with van der Waals surface area (Å²) in [6.45, 7) is -1.10. The monoisotopic (exact) mass is 958 g/mol. The highest BCUT2D eigenvalue weighted by Gasteiger charge is 2.57. The molecule has 0 bridgehead atoms. The second-order valence-corrected chi connectivity index (χ2v) is 16.7. The molecule has 380 valence electrons. The molecule has 0 aromatic carbocycles. The van der Waals surface area contributed by atoms with Gasteiger partial charge in [-0.1, -0.05) is 0 Å². The molecule has 6 aliphatic rings. The first-order chi connectivity index (χ1) is 30.7. The van der Waals surface area contributed by atoms with Crippen LogP contribution in [0.4, 0.5) is 0 Å². The van der Waals surface area contributed by atoms with E-state index in [0.29, 0.717) is 0 Å². The van der Waals surface area contributed by atoms with Gasteiger partial charge in [0, 0.05) is 0 Å². The van der Waals surface area contributed by atoms with Crippen LogP contribution in [0, 0.1) is 0 Å². The van der Waals surface area contributed by atoms with Crippen LogP contribution in [0.5, 0.6) is 0 Å². The van der Waals surface area contributed by atoms with Crippen LogP contribution < -0.4 is 0 Å². The zero-order chi connectivity index (χ0) is 47.9. The lowest BCUT2D eigenvalue weighted by Gasteiger charge is -2.50. The number of ether oxygens (including phenoxy) is 11. The zero-order valence-electron chi connectivity index (χ0n) is 34.7. The molecule has 6 saturated heterocycles. The van der Waals surface area contributed by atoms with Crippen molar-refractivity contribution in [2.75, 3.05) is 26.4 Å². The first-order valence-corrected chi connectivity index (χ1v) is 20.9. The molecule has 6 fully saturated rings. The second kappa shape index (κ2) is 22.3. The minimum Gasteiger partial charge on any atom is -0.394 e. The van der Waals surface area contributed by atoms with Crippen LogP contribution in [-0.4, -0.2) is 303 Å². The molecule has 6 rings (SSSR count). The van der Waals surface area contributed by atoms with Crippen molar-refractivity contribution in [3.8, 4) is 0 Å². The molecule has 6 heterocycles. The van der Waals surface area contributed by atoms with Gasteiger partial charge < -0.3 is 144 Å². The number of aliphatic hydroxyl groups excluding tert-OH is 18. The molecular formula is C36H62O29. The second-order valence-electron chi connectivity index (χ2n) is 16.7. The maximum absolute atomic E-state index is 11.6. The van der Waals surface area contributed by atoms with Crippen LogP contribution in [0.15, 0.2) is 0 Å². The van der Waals surface area contributed by atoms with Gasteiger partial charge in [-0.2, -0.15) is 0 Å². The summed E-state index contributed by atoms with van der Waals surface area (Å²) in [6.07, 6.45) is -55.3. The van der Waals surface area contributed by atoms with Crippen LogP contribution in [0.25, 0.3) is 0 Å². The summed E-state index contributed by atoms with van der Waals surface area (Å²) in [6, 6.07) is 0. The van der Waals surface area contributed by atoms with E-state index in [2.05, 4.69) is 0 Å². The quantitative estimate of drug-likeness (QED) is 0.0768. The van der Waals surface area contributed by atoms with Crippen molar-refractivity contribution in [1.29, 1.82) is 0 Å². The Balaban J connectivity index is 1.21. The summed E-state index contributed by atoms with van der Waals surface area (Å²) in [5, 5.41) is 191. The van der Waals surface area contributed by atoms with Crippen molar-refractivity contribution in [2.45, 2.75) is 198 Å². The third-order valence-electron chi connectivity index (χ3n) is 12.4. The lowest BCUT2D eigenvalue weighted by atomic mass is 9.95. The SMILES string of the molecule is C[C@@H]1O[C@@H](O)[C@H](O)[C@H](O[C@H]2O[C@H](CO)[C@H](O)[C@H](O[C@H]3O[C@H](CO)[C@H](O)[C@H](O)[C@H]3O[C@@H]3O[C@@H](C)[C@H](O)[C@@H](O[C@H]4O[C@H](CO)[C@H](O)[C@H](O[C@H]5O[C@H](CO)[C@H](O)[C@H](O)[C@H]5O)[C@H]4O)[C@H]3O)[C@H]2O)[C@H]1O. The summed E-state index contributed by atoms with van der Waals surface area (Å²) in [7, 11) is 0. The maximum Gasteiger partial charge on any atom is 0.187 e. The fraction of sp³-hybridized carbons (Fsp3) is 1.00. The Morgan fingerprint density at radius 2 is 0.585 bits per heavy atom. The molecule has 30 atom stereocenters. The summed E-state index contributed by atoms with van der Waals surface area (Å²) in [5.74, 6) is 0. The van der Waals surface area contributed by atoms with E-state index in [1.54, 1.807) is 0 Å². The first kappa shape index (κ1) is 53.2. The van der Waals surface area contributed by atoms with Gasteiger partial charge in [0.2, 0.25) is 0 Å². The highest BCUT2D eigenvalue weighted by atomic mass is 16.8. The van der Waals surface area contributed by atoms with Crippen molar-refractivity contribution in [2.24, 2.45) is 0 Å². The fourth-order valence-electron chi connectivity index (χ4n) is 8.36. The summed E-state index contributed by atoms with van der Waals surface area (Å²) in [5.41, 5.74) is 0. The normalized spacial score (nSPS) is 54.6. The van der Waals surface area contributed by atoms with Crippen LogP contribution in [-0.2, 0) is 52.1 Å². The van der Waals surface area contributed by atoms with Gasteiger partial charge in [-0.3, -0.25) is 0 Å². The average molecular weight is 959 g/mol. The van der Waals surface area contributed by atoms with E-state index in [0.717, 1.165) is 0 Å². The minimum absolute atomic E-state index is 0.854. The van der Waals surface area contributed by atoms with Crippen molar-refractivity contribution >= 4 is 0 Å². The molecule has 0 spiro atoms. The molecule has 0 aliphatic carbocycles.